The first-order valence-electron chi connectivity index (χ1n) is 4.63. The Labute approximate surface area is 91.1 Å². The molecular weight excluding hydrogens is 216 g/mol. The summed E-state index contributed by atoms with van der Waals surface area (Å²) in [7, 11) is 0. The fourth-order valence-corrected chi connectivity index (χ4v) is 1.19. The second-order valence-corrected chi connectivity index (χ2v) is 3.23. The van der Waals surface area contributed by atoms with E-state index in [-0.39, 0.29) is 24.4 Å². The van der Waals surface area contributed by atoms with Gasteiger partial charge in [-0.2, -0.15) is 0 Å². The Morgan fingerprint density at radius 1 is 1.44 bits per heavy atom. The summed E-state index contributed by atoms with van der Waals surface area (Å²) in [6.45, 7) is -0.251. The smallest absolute Gasteiger partial charge is 0.363 e. The average Bonchev–Trinajstić information content (AvgIpc) is 2.28. The Hall–Kier alpha value is -1.57. The molecule has 0 saturated heterocycles. The maximum Gasteiger partial charge on any atom is 0.363 e. The Kier molecular flexibility index (Phi) is 4.29. The van der Waals surface area contributed by atoms with Crippen molar-refractivity contribution in [1.82, 2.24) is 4.98 Å². The van der Waals surface area contributed by atoms with Crippen LogP contribution in [0, 0.1) is 10.1 Å². The molecule has 7 nitrogen and oxygen atoms in total. The molecule has 0 saturated carbocycles. The molecule has 3 N–H and O–H groups in total. The predicted octanol–water partition coefficient (Wildman–Crippen LogP) is -0.234. The van der Waals surface area contributed by atoms with Gasteiger partial charge in [0, 0.05) is 18.2 Å². The van der Waals surface area contributed by atoms with Crippen LogP contribution >= 0.6 is 0 Å². The molecule has 0 radical (unpaired) electrons. The van der Waals surface area contributed by atoms with Crippen molar-refractivity contribution < 1.29 is 20.2 Å². The van der Waals surface area contributed by atoms with Crippen LogP contribution in [0.5, 0.6) is 0 Å². The van der Waals surface area contributed by atoms with Crippen LogP contribution in [0.3, 0.4) is 0 Å². The summed E-state index contributed by atoms with van der Waals surface area (Å²) < 4.78 is 0. The van der Waals surface area contributed by atoms with E-state index in [2.05, 4.69) is 4.98 Å². The van der Waals surface area contributed by atoms with Crippen molar-refractivity contribution in [2.75, 3.05) is 6.61 Å². The fourth-order valence-electron chi connectivity index (χ4n) is 1.19. The predicted molar refractivity (Wildman–Crippen MR) is 53.6 cm³/mol. The zero-order chi connectivity index (χ0) is 12.1. The van der Waals surface area contributed by atoms with Crippen molar-refractivity contribution in [1.29, 1.82) is 0 Å². The highest BCUT2D eigenvalue weighted by Crippen LogP contribution is 2.19. The van der Waals surface area contributed by atoms with Crippen LogP contribution < -0.4 is 0 Å². The second kappa shape index (κ2) is 5.50. The Morgan fingerprint density at radius 2 is 2.12 bits per heavy atom. The normalized spacial score (nSPS) is 14.4. The molecule has 0 aliphatic rings. The van der Waals surface area contributed by atoms with Gasteiger partial charge in [0.05, 0.1) is 6.10 Å². The number of rotatable bonds is 5. The molecule has 0 aliphatic heterocycles. The van der Waals surface area contributed by atoms with Crippen LogP contribution in [0.1, 0.15) is 18.1 Å². The van der Waals surface area contributed by atoms with Crippen molar-refractivity contribution in [2.24, 2.45) is 0 Å². The number of aliphatic hydroxyl groups is 3. The highest BCUT2D eigenvalue weighted by Gasteiger charge is 2.20. The number of nitrogens with zero attached hydrogens (tertiary/aromatic N) is 2. The summed E-state index contributed by atoms with van der Waals surface area (Å²) >= 11 is 0. The minimum Gasteiger partial charge on any atom is -0.396 e. The number of aromatic nitrogens is 1. The Bertz CT molecular complexity index is 353. The Balaban J connectivity index is 2.77. The third kappa shape index (κ3) is 2.96. The van der Waals surface area contributed by atoms with Gasteiger partial charge in [0.1, 0.15) is 12.3 Å². The van der Waals surface area contributed by atoms with Gasteiger partial charge in [-0.15, -0.1) is 0 Å². The van der Waals surface area contributed by atoms with E-state index in [0.717, 1.165) is 12.3 Å². The first-order valence-corrected chi connectivity index (χ1v) is 4.63. The zero-order valence-corrected chi connectivity index (χ0v) is 8.35. The minimum atomic E-state index is -1.21. The first-order chi connectivity index (χ1) is 7.56. The van der Waals surface area contributed by atoms with Gasteiger partial charge in [0.25, 0.3) is 0 Å². The standard InChI is InChI=1S/C9H12N2O5/c12-4-3-7(13)9(14)6-1-2-8(10-5-6)11(15)16/h1-2,5,7,9,12-14H,3-4H2. The lowest BCUT2D eigenvalue weighted by Crippen LogP contribution is -2.19. The van der Waals surface area contributed by atoms with E-state index in [9.17, 15) is 20.3 Å². The van der Waals surface area contributed by atoms with Crippen LogP contribution in [0.4, 0.5) is 5.82 Å². The summed E-state index contributed by atoms with van der Waals surface area (Å²) in [5.74, 6) is -0.326. The summed E-state index contributed by atoms with van der Waals surface area (Å²) in [5.41, 5.74) is 0.270. The van der Waals surface area contributed by atoms with Crippen LogP contribution in [-0.2, 0) is 0 Å². The molecule has 2 atom stereocenters. The monoisotopic (exact) mass is 228 g/mol. The molecule has 2 unspecified atom stereocenters. The summed E-state index contributed by atoms with van der Waals surface area (Å²) in [4.78, 5) is 13.2. The fraction of sp³-hybridized carbons (Fsp3) is 0.444. The highest BCUT2D eigenvalue weighted by atomic mass is 16.6. The molecule has 0 bridgehead atoms. The molecule has 0 spiro atoms. The highest BCUT2D eigenvalue weighted by molar-refractivity contribution is 5.24. The average molecular weight is 228 g/mol. The molecular formula is C9H12N2O5. The quantitative estimate of drug-likeness (QED) is 0.473. The lowest BCUT2D eigenvalue weighted by atomic mass is 10.0. The summed E-state index contributed by atoms with van der Waals surface area (Å²) in [6, 6.07) is 2.46. The summed E-state index contributed by atoms with van der Waals surface area (Å²) in [5, 5.41) is 37.8. The van der Waals surface area contributed by atoms with Crippen LogP contribution in [0.2, 0.25) is 0 Å². The Morgan fingerprint density at radius 3 is 2.56 bits per heavy atom. The molecule has 1 rings (SSSR count). The van der Waals surface area contributed by atoms with Crippen molar-refractivity contribution >= 4 is 5.82 Å². The van der Waals surface area contributed by atoms with Gasteiger partial charge < -0.3 is 25.4 Å². The number of hydrogen-bond donors (Lipinski definition) is 3. The molecule has 0 fully saturated rings. The van der Waals surface area contributed by atoms with Crippen molar-refractivity contribution in [3.8, 4) is 0 Å². The summed E-state index contributed by atoms with van der Waals surface area (Å²) in [6.07, 6.45) is -1.17. The topological polar surface area (TPSA) is 117 Å². The van der Waals surface area contributed by atoms with E-state index in [1.165, 1.54) is 6.07 Å². The van der Waals surface area contributed by atoms with Crippen LogP contribution in [0.25, 0.3) is 0 Å². The molecule has 1 heterocycles. The second-order valence-electron chi connectivity index (χ2n) is 3.23. The van der Waals surface area contributed by atoms with Gasteiger partial charge in [-0.3, -0.25) is 0 Å². The maximum absolute atomic E-state index is 10.3. The maximum atomic E-state index is 10.3. The molecule has 0 aliphatic carbocycles. The van der Waals surface area contributed by atoms with Crippen LogP contribution in [-0.4, -0.2) is 37.9 Å². The lowest BCUT2D eigenvalue weighted by Gasteiger charge is -2.15. The number of aliphatic hydroxyl groups excluding tert-OH is 3. The largest absolute Gasteiger partial charge is 0.396 e. The first kappa shape index (κ1) is 12.5. The van der Waals surface area contributed by atoms with Gasteiger partial charge in [-0.1, -0.05) is 0 Å². The van der Waals surface area contributed by atoms with E-state index >= 15 is 0 Å². The number of hydrogen-bond acceptors (Lipinski definition) is 6. The minimum absolute atomic E-state index is 0.0259. The van der Waals surface area contributed by atoms with Crippen LogP contribution in [0.15, 0.2) is 18.3 Å². The van der Waals surface area contributed by atoms with Crippen molar-refractivity contribution in [3.05, 3.63) is 34.0 Å². The molecule has 16 heavy (non-hydrogen) atoms. The number of nitro groups is 1. The van der Waals surface area contributed by atoms with Gasteiger partial charge in [-0.25, -0.2) is 0 Å². The molecule has 0 aromatic carbocycles. The van der Waals surface area contributed by atoms with E-state index < -0.39 is 17.1 Å². The number of pyridine rings is 1. The van der Waals surface area contributed by atoms with E-state index in [1.54, 1.807) is 0 Å². The molecule has 88 valence electrons. The van der Waals surface area contributed by atoms with E-state index in [1.807, 2.05) is 0 Å². The van der Waals surface area contributed by atoms with E-state index in [0.29, 0.717) is 0 Å². The zero-order valence-electron chi connectivity index (χ0n) is 8.35. The van der Waals surface area contributed by atoms with Crippen molar-refractivity contribution in [2.45, 2.75) is 18.6 Å². The molecule has 1 aromatic rings. The molecule has 0 amide bonds. The van der Waals surface area contributed by atoms with Gasteiger partial charge >= 0.3 is 5.82 Å². The lowest BCUT2D eigenvalue weighted by molar-refractivity contribution is -0.389. The van der Waals surface area contributed by atoms with Gasteiger partial charge in [0.2, 0.25) is 0 Å². The van der Waals surface area contributed by atoms with Gasteiger partial charge in [0.15, 0.2) is 0 Å². The third-order valence-corrected chi connectivity index (χ3v) is 2.09. The SMILES string of the molecule is O=[N+]([O-])c1ccc(C(O)C(O)CCO)cn1. The molecule has 7 heteroatoms. The van der Waals surface area contributed by atoms with E-state index in [4.69, 9.17) is 5.11 Å². The van der Waals surface area contributed by atoms with Gasteiger partial charge in [-0.05, 0) is 22.4 Å². The molecule has 1 aromatic heterocycles. The third-order valence-electron chi connectivity index (χ3n) is 2.09. The van der Waals surface area contributed by atoms with Crippen molar-refractivity contribution in [3.63, 3.8) is 0 Å².